The van der Waals surface area contributed by atoms with Gasteiger partial charge in [0.25, 0.3) is 0 Å². The SMILES string of the molecule is Cl.NC1(C(=O)Nc2cccc3cn[nH]c23)CC1. The molecule has 90 valence electrons. The molecule has 1 heterocycles. The van der Waals surface area contributed by atoms with E-state index in [2.05, 4.69) is 15.5 Å². The van der Waals surface area contributed by atoms with E-state index < -0.39 is 5.54 Å². The molecule has 1 aliphatic rings. The summed E-state index contributed by atoms with van der Waals surface area (Å²) in [5, 5.41) is 10.6. The molecule has 1 saturated carbocycles. The Morgan fingerprint density at radius 1 is 1.47 bits per heavy atom. The van der Waals surface area contributed by atoms with Crippen molar-refractivity contribution in [2.24, 2.45) is 5.73 Å². The van der Waals surface area contributed by atoms with Crippen molar-refractivity contribution in [3.63, 3.8) is 0 Å². The van der Waals surface area contributed by atoms with Crippen molar-refractivity contribution in [3.05, 3.63) is 24.4 Å². The smallest absolute Gasteiger partial charge is 0.244 e. The van der Waals surface area contributed by atoms with Gasteiger partial charge < -0.3 is 11.1 Å². The lowest BCUT2D eigenvalue weighted by Crippen LogP contribution is -2.37. The number of anilines is 1. The number of aromatic nitrogens is 2. The largest absolute Gasteiger partial charge is 0.323 e. The number of aromatic amines is 1. The zero-order chi connectivity index (χ0) is 11.2. The van der Waals surface area contributed by atoms with Gasteiger partial charge in [0.05, 0.1) is 22.9 Å². The van der Waals surface area contributed by atoms with Crippen molar-refractivity contribution >= 4 is 34.9 Å². The number of hydrogen-bond acceptors (Lipinski definition) is 3. The molecule has 1 aromatic heterocycles. The summed E-state index contributed by atoms with van der Waals surface area (Å²) < 4.78 is 0. The molecular weight excluding hydrogens is 240 g/mol. The van der Waals surface area contributed by atoms with Crippen LogP contribution in [0.15, 0.2) is 24.4 Å². The highest BCUT2D eigenvalue weighted by Gasteiger charge is 2.46. The second-order valence-corrected chi connectivity index (χ2v) is 4.25. The van der Waals surface area contributed by atoms with E-state index in [0.29, 0.717) is 0 Å². The minimum absolute atomic E-state index is 0. The Morgan fingerprint density at radius 2 is 2.24 bits per heavy atom. The number of amides is 1. The summed E-state index contributed by atoms with van der Waals surface area (Å²) in [6.45, 7) is 0. The maximum atomic E-state index is 11.8. The standard InChI is InChI=1S/C11H12N4O.ClH/c12-11(4-5-11)10(16)14-8-3-1-2-7-6-13-15-9(7)8;/h1-3,6H,4-5,12H2,(H,13,15)(H,14,16);1H. The van der Waals surface area contributed by atoms with Gasteiger partial charge in [-0.3, -0.25) is 9.89 Å². The Hall–Kier alpha value is -1.59. The van der Waals surface area contributed by atoms with Crippen molar-refractivity contribution < 1.29 is 4.79 Å². The summed E-state index contributed by atoms with van der Waals surface area (Å²) in [4.78, 5) is 11.8. The fourth-order valence-corrected chi connectivity index (χ4v) is 1.68. The molecule has 0 saturated heterocycles. The van der Waals surface area contributed by atoms with Crippen LogP contribution in [0.25, 0.3) is 10.9 Å². The predicted octanol–water partition coefficient (Wildman–Crippen LogP) is 1.41. The number of hydrogen-bond donors (Lipinski definition) is 3. The van der Waals surface area contributed by atoms with Crippen LogP contribution in [0.2, 0.25) is 0 Å². The van der Waals surface area contributed by atoms with Crippen LogP contribution >= 0.6 is 12.4 Å². The summed E-state index contributed by atoms with van der Waals surface area (Å²) in [5.74, 6) is -0.116. The first-order valence-corrected chi connectivity index (χ1v) is 5.21. The average molecular weight is 253 g/mol. The summed E-state index contributed by atoms with van der Waals surface area (Å²) in [5.41, 5.74) is 6.74. The van der Waals surface area contributed by atoms with Crippen LogP contribution in [0.3, 0.4) is 0 Å². The van der Waals surface area contributed by atoms with Gasteiger partial charge in [-0.15, -0.1) is 12.4 Å². The number of carbonyl (C=O) groups excluding carboxylic acids is 1. The summed E-state index contributed by atoms with van der Waals surface area (Å²) in [6.07, 6.45) is 3.25. The second kappa shape index (κ2) is 4.01. The van der Waals surface area contributed by atoms with E-state index in [4.69, 9.17) is 5.73 Å². The van der Waals surface area contributed by atoms with E-state index in [1.54, 1.807) is 6.20 Å². The molecule has 1 fully saturated rings. The molecule has 0 bridgehead atoms. The Kier molecular flexibility index (Phi) is 2.81. The van der Waals surface area contributed by atoms with Gasteiger partial charge in [-0.1, -0.05) is 12.1 Å². The lowest BCUT2D eigenvalue weighted by Gasteiger charge is -2.10. The van der Waals surface area contributed by atoms with Gasteiger partial charge in [0.1, 0.15) is 0 Å². The normalized spacial score (nSPS) is 16.3. The molecule has 0 spiro atoms. The lowest BCUT2D eigenvalue weighted by atomic mass is 10.2. The van der Waals surface area contributed by atoms with E-state index in [9.17, 15) is 4.79 Å². The van der Waals surface area contributed by atoms with Gasteiger partial charge in [-0.25, -0.2) is 0 Å². The van der Waals surface area contributed by atoms with Crippen LogP contribution in [0.5, 0.6) is 0 Å². The van der Waals surface area contributed by atoms with Crippen LogP contribution in [-0.2, 0) is 4.79 Å². The van der Waals surface area contributed by atoms with Crippen molar-refractivity contribution in [1.29, 1.82) is 0 Å². The van der Waals surface area contributed by atoms with Crippen LogP contribution in [0, 0.1) is 0 Å². The number of fused-ring (bicyclic) bond motifs is 1. The van der Waals surface area contributed by atoms with Crippen LogP contribution in [-0.4, -0.2) is 21.6 Å². The zero-order valence-electron chi connectivity index (χ0n) is 9.06. The highest BCUT2D eigenvalue weighted by Crippen LogP contribution is 2.34. The van der Waals surface area contributed by atoms with Gasteiger partial charge in [0.2, 0.25) is 5.91 Å². The average Bonchev–Trinajstić information content (AvgIpc) is 2.85. The van der Waals surface area contributed by atoms with E-state index >= 15 is 0 Å². The highest BCUT2D eigenvalue weighted by atomic mass is 35.5. The first-order valence-electron chi connectivity index (χ1n) is 5.21. The minimum atomic E-state index is -0.651. The fourth-order valence-electron chi connectivity index (χ4n) is 1.68. The van der Waals surface area contributed by atoms with E-state index in [1.165, 1.54) is 0 Å². The summed E-state index contributed by atoms with van der Waals surface area (Å²) in [7, 11) is 0. The molecule has 1 aliphatic carbocycles. The number of H-pyrrole nitrogens is 1. The van der Waals surface area contributed by atoms with Crippen LogP contribution < -0.4 is 11.1 Å². The molecule has 0 radical (unpaired) electrons. The van der Waals surface area contributed by atoms with Gasteiger partial charge in [-0.2, -0.15) is 5.10 Å². The predicted molar refractivity (Wildman–Crippen MR) is 68.1 cm³/mol. The number of benzene rings is 1. The van der Waals surface area contributed by atoms with E-state index in [1.807, 2.05) is 18.2 Å². The number of halogens is 1. The molecule has 1 aromatic carbocycles. The third kappa shape index (κ3) is 1.99. The Bertz CT molecular complexity index is 561. The van der Waals surface area contributed by atoms with Gasteiger partial charge in [-0.05, 0) is 18.9 Å². The number of para-hydroxylation sites is 1. The molecular formula is C11H13ClN4O. The number of carbonyl (C=O) groups is 1. The number of nitrogens with one attached hydrogen (secondary N) is 2. The van der Waals surface area contributed by atoms with Gasteiger partial charge >= 0.3 is 0 Å². The molecule has 1 amide bonds. The number of rotatable bonds is 2. The monoisotopic (exact) mass is 252 g/mol. The maximum absolute atomic E-state index is 11.8. The molecule has 0 aliphatic heterocycles. The van der Waals surface area contributed by atoms with E-state index in [0.717, 1.165) is 29.4 Å². The first kappa shape index (κ1) is 11.9. The second-order valence-electron chi connectivity index (χ2n) is 4.25. The zero-order valence-corrected chi connectivity index (χ0v) is 9.88. The Morgan fingerprint density at radius 3 is 2.94 bits per heavy atom. The Balaban J connectivity index is 0.00000108. The third-order valence-electron chi connectivity index (χ3n) is 2.97. The van der Waals surface area contributed by atoms with Crippen LogP contribution in [0.1, 0.15) is 12.8 Å². The fraction of sp³-hybridized carbons (Fsp3) is 0.273. The van der Waals surface area contributed by atoms with Crippen molar-refractivity contribution in [3.8, 4) is 0 Å². The van der Waals surface area contributed by atoms with Gasteiger partial charge in [0.15, 0.2) is 0 Å². The van der Waals surface area contributed by atoms with Crippen molar-refractivity contribution in [2.75, 3.05) is 5.32 Å². The maximum Gasteiger partial charge on any atom is 0.244 e. The minimum Gasteiger partial charge on any atom is -0.323 e. The number of nitrogens with two attached hydrogens (primary N) is 1. The van der Waals surface area contributed by atoms with E-state index in [-0.39, 0.29) is 18.3 Å². The quantitative estimate of drug-likeness (QED) is 0.756. The number of nitrogens with zero attached hydrogens (tertiary/aromatic N) is 1. The first-order chi connectivity index (χ1) is 7.69. The summed E-state index contributed by atoms with van der Waals surface area (Å²) in [6, 6.07) is 5.65. The summed E-state index contributed by atoms with van der Waals surface area (Å²) >= 11 is 0. The molecule has 4 N–H and O–H groups in total. The van der Waals surface area contributed by atoms with Crippen LogP contribution in [0.4, 0.5) is 5.69 Å². The molecule has 2 aromatic rings. The molecule has 3 rings (SSSR count). The molecule has 5 nitrogen and oxygen atoms in total. The Labute approximate surface area is 104 Å². The van der Waals surface area contributed by atoms with Crippen molar-refractivity contribution in [1.82, 2.24) is 10.2 Å². The van der Waals surface area contributed by atoms with Crippen molar-refractivity contribution in [2.45, 2.75) is 18.4 Å². The molecule has 0 atom stereocenters. The highest BCUT2D eigenvalue weighted by molar-refractivity contribution is 6.05. The molecule has 6 heteroatoms. The topological polar surface area (TPSA) is 83.8 Å². The lowest BCUT2D eigenvalue weighted by molar-refractivity contribution is -0.118. The third-order valence-corrected chi connectivity index (χ3v) is 2.97. The molecule has 17 heavy (non-hydrogen) atoms. The molecule has 0 unspecified atom stereocenters. The van der Waals surface area contributed by atoms with Gasteiger partial charge in [0, 0.05) is 5.39 Å².